The van der Waals surface area contributed by atoms with Crippen LogP contribution in [-0.2, 0) is 43.7 Å². The predicted octanol–water partition coefficient (Wildman–Crippen LogP) is 7.51. The molecule has 1 heterocycles. The molecule has 0 bridgehead atoms. The highest BCUT2D eigenvalue weighted by atomic mass is 19.4. The molecule has 312 valence electrons. The number of aliphatic hydroxyl groups is 2. The third-order valence-corrected chi connectivity index (χ3v) is 11.6. The van der Waals surface area contributed by atoms with E-state index in [1.54, 1.807) is 58.0 Å². The number of carbonyl (C=O) groups excluding carboxylic acids is 4. The first kappa shape index (κ1) is 46.0. The maximum Gasteiger partial charge on any atom is 0.417 e. The summed E-state index contributed by atoms with van der Waals surface area (Å²) in [6.45, 7) is 11.6. The summed E-state index contributed by atoms with van der Waals surface area (Å²) in [6, 6.07) is 8.90. The predicted molar refractivity (Wildman–Crippen MR) is 185 cm³/mol. The lowest BCUT2D eigenvalue weighted by Gasteiger charge is -2.46. The molecule has 2 fully saturated rings. The minimum absolute atomic E-state index is 0.00922. The molecule has 16 heteroatoms. The summed E-state index contributed by atoms with van der Waals surface area (Å²) in [5.74, 6) is -7.35. The highest BCUT2D eigenvalue weighted by Gasteiger charge is 2.62. The van der Waals surface area contributed by atoms with E-state index in [-0.39, 0.29) is 25.9 Å². The molecule has 1 saturated carbocycles. The minimum atomic E-state index is -5.27. The van der Waals surface area contributed by atoms with Crippen LogP contribution in [0.5, 0.6) is 0 Å². The molecule has 0 aromatic heterocycles. The van der Waals surface area contributed by atoms with E-state index in [1.807, 2.05) is 0 Å². The summed E-state index contributed by atoms with van der Waals surface area (Å²) in [5.41, 5.74) is -12.3. The first-order valence-corrected chi connectivity index (χ1v) is 18.3. The third-order valence-electron chi connectivity index (χ3n) is 11.6. The number of ether oxygens (including phenoxy) is 4. The zero-order valence-corrected chi connectivity index (χ0v) is 32.8. The van der Waals surface area contributed by atoms with Crippen molar-refractivity contribution in [1.82, 2.24) is 0 Å². The number of cyclic esters (lactones) is 1. The van der Waals surface area contributed by atoms with Gasteiger partial charge in [-0.05, 0) is 99.5 Å². The zero-order chi connectivity index (χ0) is 42.2. The fourth-order valence-electron chi connectivity index (χ4n) is 7.62. The summed E-state index contributed by atoms with van der Waals surface area (Å²) in [4.78, 5) is 54.3. The van der Waals surface area contributed by atoms with Crippen molar-refractivity contribution in [1.29, 1.82) is 0 Å². The molecule has 0 radical (unpaired) electrons. The van der Waals surface area contributed by atoms with Crippen molar-refractivity contribution in [3.05, 3.63) is 35.9 Å². The second-order valence-electron chi connectivity index (χ2n) is 17.2. The van der Waals surface area contributed by atoms with Gasteiger partial charge in [0.05, 0.1) is 22.9 Å². The van der Waals surface area contributed by atoms with Crippen molar-refractivity contribution in [2.24, 2.45) is 28.1 Å². The number of benzene rings is 1. The van der Waals surface area contributed by atoms with E-state index in [0.717, 1.165) is 0 Å². The summed E-state index contributed by atoms with van der Waals surface area (Å²) in [7, 11) is 0. The quantitative estimate of drug-likeness (QED) is 0.110. The fraction of sp³-hybridized carbons (Fsp3) is 0.744. The molecular formula is C39H54F6O10. The van der Waals surface area contributed by atoms with Gasteiger partial charge in [-0.25, -0.2) is 4.79 Å². The van der Waals surface area contributed by atoms with Crippen molar-refractivity contribution in [3.8, 4) is 0 Å². The van der Waals surface area contributed by atoms with Crippen molar-refractivity contribution >= 4 is 23.9 Å². The minimum Gasteiger partial charge on any atom is -0.463 e. The Labute approximate surface area is 317 Å². The first-order valence-electron chi connectivity index (χ1n) is 18.3. The number of alkyl halides is 6. The van der Waals surface area contributed by atoms with Gasteiger partial charge >= 0.3 is 36.2 Å². The largest absolute Gasteiger partial charge is 0.463 e. The molecule has 1 aromatic rings. The monoisotopic (exact) mass is 796 g/mol. The maximum absolute atomic E-state index is 14.1. The normalized spacial score (nSPS) is 25.7. The topological polar surface area (TPSA) is 146 Å². The van der Waals surface area contributed by atoms with E-state index in [9.17, 15) is 55.7 Å². The van der Waals surface area contributed by atoms with E-state index >= 15 is 0 Å². The standard InChI is InChI=1S/C39H54F6O10/c1-10-34(6,31(49)55-33(4,5)23-14-12-11-13-15-23)22-35(7,30(48)54-27-16-17-52-28(27)46)21-32(2,3)29(47)53-26-19-24(36(8,50)38(40,41)42)18-25(20-26)37(9,51)39(43,44)45/h11-15,24-27,50-51H,10,16-22H2,1-9H3. The summed E-state index contributed by atoms with van der Waals surface area (Å²) >= 11 is 0. The molecule has 2 aliphatic rings. The molecule has 1 aliphatic carbocycles. The lowest BCUT2D eigenvalue weighted by Crippen LogP contribution is -2.57. The highest BCUT2D eigenvalue weighted by Crippen LogP contribution is 2.51. The van der Waals surface area contributed by atoms with Gasteiger partial charge in [-0.2, -0.15) is 26.3 Å². The Hall–Kier alpha value is -3.40. The van der Waals surface area contributed by atoms with Crippen LogP contribution in [0, 0.1) is 28.1 Å². The summed E-state index contributed by atoms with van der Waals surface area (Å²) in [6.07, 6.45) is -16.2. The van der Waals surface area contributed by atoms with E-state index in [2.05, 4.69) is 0 Å². The zero-order valence-electron chi connectivity index (χ0n) is 32.8. The van der Waals surface area contributed by atoms with Crippen LogP contribution >= 0.6 is 0 Å². The molecule has 0 spiro atoms. The molecule has 3 rings (SSSR count). The molecule has 7 unspecified atom stereocenters. The molecule has 1 aliphatic heterocycles. The molecular weight excluding hydrogens is 742 g/mol. The Kier molecular flexibility index (Phi) is 13.3. The van der Waals surface area contributed by atoms with E-state index in [1.165, 1.54) is 20.8 Å². The SMILES string of the molecule is CCC(C)(CC(C)(CC(C)(C)C(=O)OC1CC(C(C)(O)C(F)(F)F)CC(C(C)(O)C(F)(F)F)C1)C(=O)OC1CCOC1=O)C(=O)OC(C)(C)c1ccccc1. The third kappa shape index (κ3) is 10.1. The fourth-order valence-corrected chi connectivity index (χ4v) is 7.62. The molecule has 7 atom stereocenters. The Morgan fingerprint density at radius 2 is 1.24 bits per heavy atom. The number of halogens is 6. The molecule has 10 nitrogen and oxygen atoms in total. The Bertz CT molecular complexity index is 1520. The van der Waals surface area contributed by atoms with Crippen LogP contribution in [0.25, 0.3) is 0 Å². The second-order valence-corrected chi connectivity index (χ2v) is 17.2. The van der Waals surface area contributed by atoms with Gasteiger partial charge in [-0.15, -0.1) is 0 Å². The van der Waals surface area contributed by atoms with Gasteiger partial charge < -0.3 is 29.2 Å². The average molecular weight is 797 g/mol. The van der Waals surface area contributed by atoms with Gasteiger partial charge in [-0.1, -0.05) is 37.3 Å². The maximum atomic E-state index is 14.1. The molecule has 1 aromatic carbocycles. The van der Waals surface area contributed by atoms with Crippen molar-refractivity contribution in [2.45, 2.75) is 149 Å². The lowest BCUT2D eigenvalue weighted by atomic mass is 9.65. The number of esters is 4. The van der Waals surface area contributed by atoms with Crippen LogP contribution in [0.2, 0.25) is 0 Å². The number of carbonyl (C=O) groups is 4. The smallest absolute Gasteiger partial charge is 0.417 e. The Balaban J connectivity index is 1.97. The molecule has 2 N–H and O–H groups in total. The van der Waals surface area contributed by atoms with E-state index in [4.69, 9.17) is 18.9 Å². The van der Waals surface area contributed by atoms with Gasteiger partial charge in [-0.3, -0.25) is 14.4 Å². The van der Waals surface area contributed by atoms with Gasteiger partial charge in [0.25, 0.3) is 0 Å². The Morgan fingerprint density at radius 1 is 0.727 bits per heavy atom. The van der Waals surface area contributed by atoms with Crippen molar-refractivity contribution in [2.75, 3.05) is 6.61 Å². The van der Waals surface area contributed by atoms with Crippen molar-refractivity contribution < 1.29 is 74.7 Å². The van der Waals surface area contributed by atoms with E-state index in [0.29, 0.717) is 19.4 Å². The van der Waals surface area contributed by atoms with Crippen LogP contribution in [0.3, 0.4) is 0 Å². The van der Waals surface area contributed by atoms with Crippen LogP contribution in [-0.4, -0.2) is 76.5 Å². The molecule has 0 amide bonds. The van der Waals surface area contributed by atoms with Crippen LogP contribution < -0.4 is 0 Å². The van der Waals surface area contributed by atoms with E-state index < -0.39 is 119 Å². The van der Waals surface area contributed by atoms with Gasteiger partial charge in [0, 0.05) is 18.3 Å². The number of rotatable bonds is 14. The number of hydrogen-bond donors (Lipinski definition) is 2. The highest BCUT2D eigenvalue weighted by molar-refractivity contribution is 5.85. The van der Waals surface area contributed by atoms with Crippen LogP contribution in [0.1, 0.15) is 113 Å². The van der Waals surface area contributed by atoms with Crippen molar-refractivity contribution in [3.63, 3.8) is 0 Å². The molecule has 55 heavy (non-hydrogen) atoms. The number of hydrogen-bond acceptors (Lipinski definition) is 10. The summed E-state index contributed by atoms with van der Waals surface area (Å²) < 4.78 is 106. The average Bonchev–Trinajstić information content (AvgIpc) is 3.46. The van der Waals surface area contributed by atoms with Crippen LogP contribution in [0.15, 0.2) is 30.3 Å². The van der Waals surface area contributed by atoms with Crippen LogP contribution in [0.4, 0.5) is 26.3 Å². The van der Waals surface area contributed by atoms with Gasteiger partial charge in [0.1, 0.15) is 11.7 Å². The Morgan fingerprint density at radius 3 is 1.67 bits per heavy atom. The summed E-state index contributed by atoms with van der Waals surface area (Å²) in [5, 5.41) is 21.0. The van der Waals surface area contributed by atoms with Gasteiger partial charge in [0.2, 0.25) is 6.10 Å². The first-order chi connectivity index (χ1) is 24.8. The second kappa shape index (κ2) is 15.9. The molecule has 1 saturated heterocycles. The van der Waals surface area contributed by atoms with Gasteiger partial charge in [0.15, 0.2) is 11.2 Å². The lowest BCUT2D eigenvalue weighted by molar-refractivity contribution is -0.299.